The van der Waals surface area contributed by atoms with E-state index in [2.05, 4.69) is 15.4 Å². The average molecular weight is 431 g/mol. The molecule has 0 spiro atoms. The summed E-state index contributed by atoms with van der Waals surface area (Å²) in [6, 6.07) is 15.6. The summed E-state index contributed by atoms with van der Waals surface area (Å²) in [5.41, 5.74) is 7.05. The SMILES string of the molecule is NC(=O)Nc1ccc(CNC(=O)c2cccc(NS(=O)(=O)c3cccs3)c2)cc1. The second kappa shape index (κ2) is 8.76. The van der Waals surface area contributed by atoms with Gasteiger partial charge in [0.1, 0.15) is 4.21 Å². The van der Waals surface area contributed by atoms with Crippen LogP contribution in [-0.4, -0.2) is 20.4 Å². The molecule has 0 aliphatic carbocycles. The van der Waals surface area contributed by atoms with Crippen molar-refractivity contribution in [3.8, 4) is 0 Å². The van der Waals surface area contributed by atoms with Gasteiger partial charge in [-0.05, 0) is 47.3 Å². The van der Waals surface area contributed by atoms with E-state index in [4.69, 9.17) is 5.73 Å². The minimum Gasteiger partial charge on any atom is -0.351 e. The summed E-state index contributed by atoms with van der Waals surface area (Å²) in [5.74, 6) is -0.346. The highest BCUT2D eigenvalue weighted by atomic mass is 32.2. The maximum absolute atomic E-state index is 12.4. The molecule has 10 heteroatoms. The van der Waals surface area contributed by atoms with Crippen LogP contribution in [0, 0.1) is 0 Å². The van der Waals surface area contributed by atoms with Crippen LogP contribution < -0.4 is 21.1 Å². The van der Waals surface area contributed by atoms with Crippen LogP contribution in [0.4, 0.5) is 16.2 Å². The number of sulfonamides is 1. The molecule has 3 amide bonds. The van der Waals surface area contributed by atoms with Gasteiger partial charge in [0.15, 0.2) is 0 Å². The number of benzene rings is 2. The van der Waals surface area contributed by atoms with Crippen LogP contribution in [0.2, 0.25) is 0 Å². The highest BCUT2D eigenvalue weighted by molar-refractivity contribution is 7.94. The maximum Gasteiger partial charge on any atom is 0.316 e. The molecule has 2 aromatic carbocycles. The van der Waals surface area contributed by atoms with Gasteiger partial charge >= 0.3 is 6.03 Å². The number of nitrogens with two attached hydrogens (primary N) is 1. The van der Waals surface area contributed by atoms with E-state index >= 15 is 0 Å². The van der Waals surface area contributed by atoms with E-state index in [1.54, 1.807) is 53.9 Å². The molecule has 0 unspecified atom stereocenters. The van der Waals surface area contributed by atoms with E-state index in [1.165, 1.54) is 12.1 Å². The van der Waals surface area contributed by atoms with Crippen molar-refractivity contribution in [2.45, 2.75) is 10.8 Å². The van der Waals surface area contributed by atoms with Crippen LogP contribution in [0.25, 0.3) is 0 Å². The number of carbonyl (C=O) groups excluding carboxylic acids is 2. The zero-order valence-corrected chi connectivity index (χ0v) is 16.7. The summed E-state index contributed by atoms with van der Waals surface area (Å²) in [4.78, 5) is 23.2. The fraction of sp³-hybridized carbons (Fsp3) is 0.0526. The van der Waals surface area contributed by atoms with E-state index < -0.39 is 16.1 Å². The van der Waals surface area contributed by atoms with Crippen LogP contribution in [-0.2, 0) is 16.6 Å². The van der Waals surface area contributed by atoms with E-state index in [-0.39, 0.29) is 16.7 Å². The topological polar surface area (TPSA) is 130 Å². The molecule has 0 aliphatic rings. The summed E-state index contributed by atoms with van der Waals surface area (Å²) in [6.07, 6.45) is 0. The van der Waals surface area contributed by atoms with Gasteiger partial charge < -0.3 is 16.4 Å². The van der Waals surface area contributed by atoms with Crippen molar-refractivity contribution >= 4 is 44.7 Å². The van der Waals surface area contributed by atoms with Gasteiger partial charge in [-0.15, -0.1) is 11.3 Å². The molecule has 0 aliphatic heterocycles. The van der Waals surface area contributed by atoms with Gasteiger partial charge in [0, 0.05) is 23.5 Å². The Bertz CT molecular complexity index is 1110. The molecule has 0 atom stereocenters. The number of amides is 3. The lowest BCUT2D eigenvalue weighted by molar-refractivity contribution is 0.0951. The van der Waals surface area contributed by atoms with Crippen molar-refractivity contribution in [3.63, 3.8) is 0 Å². The van der Waals surface area contributed by atoms with Crippen molar-refractivity contribution in [1.29, 1.82) is 0 Å². The lowest BCUT2D eigenvalue weighted by atomic mass is 10.1. The summed E-state index contributed by atoms with van der Waals surface area (Å²) in [6.45, 7) is 0.265. The monoisotopic (exact) mass is 430 g/mol. The normalized spacial score (nSPS) is 10.9. The predicted octanol–water partition coefficient (Wildman–Crippen LogP) is 2.97. The highest BCUT2D eigenvalue weighted by Gasteiger charge is 2.16. The van der Waals surface area contributed by atoms with Crippen LogP contribution in [0.3, 0.4) is 0 Å². The second-order valence-corrected chi connectivity index (χ2v) is 8.84. The zero-order chi connectivity index (χ0) is 20.9. The molecule has 29 heavy (non-hydrogen) atoms. The van der Waals surface area contributed by atoms with E-state index in [1.807, 2.05) is 0 Å². The van der Waals surface area contributed by atoms with Crippen molar-refractivity contribution in [1.82, 2.24) is 5.32 Å². The minimum atomic E-state index is -3.68. The molecule has 0 radical (unpaired) electrons. The number of hydrogen-bond acceptors (Lipinski definition) is 5. The van der Waals surface area contributed by atoms with E-state index in [0.29, 0.717) is 16.9 Å². The Hall–Kier alpha value is -3.37. The van der Waals surface area contributed by atoms with Gasteiger partial charge in [-0.25, -0.2) is 13.2 Å². The zero-order valence-electron chi connectivity index (χ0n) is 15.1. The molecule has 3 aromatic rings. The third-order valence-electron chi connectivity index (χ3n) is 3.81. The molecule has 1 heterocycles. The molecular weight excluding hydrogens is 412 g/mol. The lowest BCUT2D eigenvalue weighted by Crippen LogP contribution is -2.23. The summed E-state index contributed by atoms with van der Waals surface area (Å²) >= 11 is 1.11. The first-order chi connectivity index (χ1) is 13.8. The van der Waals surface area contributed by atoms with E-state index in [0.717, 1.165) is 16.9 Å². The number of nitrogens with one attached hydrogen (secondary N) is 3. The smallest absolute Gasteiger partial charge is 0.316 e. The molecular formula is C19H18N4O4S2. The van der Waals surface area contributed by atoms with Crippen molar-refractivity contribution < 1.29 is 18.0 Å². The number of urea groups is 1. The third kappa shape index (κ3) is 5.56. The number of anilines is 2. The third-order valence-corrected chi connectivity index (χ3v) is 6.59. The molecule has 5 N–H and O–H groups in total. The Kier molecular flexibility index (Phi) is 6.15. The Morgan fingerprint density at radius 1 is 0.966 bits per heavy atom. The highest BCUT2D eigenvalue weighted by Crippen LogP contribution is 2.21. The number of thiophene rings is 1. The molecule has 150 valence electrons. The second-order valence-electron chi connectivity index (χ2n) is 5.99. The first-order valence-corrected chi connectivity index (χ1v) is 10.8. The van der Waals surface area contributed by atoms with Crippen LogP contribution in [0.15, 0.2) is 70.3 Å². The van der Waals surface area contributed by atoms with Crippen molar-refractivity contribution in [2.75, 3.05) is 10.0 Å². The molecule has 3 rings (SSSR count). The molecule has 8 nitrogen and oxygen atoms in total. The predicted molar refractivity (Wildman–Crippen MR) is 112 cm³/mol. The molecule has 0 bridgehead atoms. The number of primary amides is 1. The fourth-order valence-electron chi connectivity index (χ4n) is 2.48. The summed E-state index contributed by atoms with van der Waals surface area (Å²) in [5, 5.41) is 6.90. The standard InChI is InChI=1S/C19H18N4O4S2/c20-19(25)22-15-8-6-13(7-9-15)12-21-18(24)14-3-1-4-16(11-14)23-29(26,27)17-5-2-10-28-17/h1-11,23H,12H2,(H,21,24)(H3,20,22,25). The van der Waals surface area contributed by atoms with Crippen LogP contribution in [0.1, 0.15) is 15.9 Å². The van der Waals surface area contributed by atoms with Crippen molar-refractivity contribution in [3.05, 3.63) is 77.2 Å². The summed E-state index contributed by atoms with van der Waals surface area (Å²) < 4.78 is 27.3. The number of hydrogen-bond donors (Lipinski definition) is 4. The molecule has 0 fully saturated rings. The van der Waals surface area contributed by atoms with Gasteiger partial charge in [-0.2, -0.15) is 0 Å². The average Bonchev–Trinajstić information content (AvgIpc) is 3.22. The van der Waals surface area contributed by atoms with Gasteiger partial charge in [0.25, 0.3) is 15.9 Å². The van der Waals surface area contributed by atoms with Gasteiger partial charge in [0.2, 0.25) is 0 Å². The first kappa shape index (κ1) is 20.4. The largest absolute Gasteiger partial charge is 0.351 e. The number of rotatable bonds is 7. The van der Waals surface area contributed by atoms with Crippen molar-refractivity contribution in [2.24, 2.45) is 5.73 Å². The van der Waals surface area contributed by atoms with Crippen LogP contribution in [0.5, 0.6) is 0 Å². The fourth-order valence-corrected chi connectivity index (χ4v) is 4.52. The lowest BCUT2D eigenvalue weighted by Gasteiger charge is -2.09. The Morgan fingerprint density at radius 3 is 2.38 bits per heavy atom. The molecule has 1 aromatic heterocycles. The van der Waals surface area contributed by atoms with Crippen LogP contribution >= 0.6 is 11.3 Å². The summed E-state index contributed by atoms with van der Waals surface area (Å²) in [7, 11) is -3.68. The van der Waals surface area contributed by atoms with Gasteiger partial charge in [0.05, 0.1) is 0 Å². The Labute approximate surface area is 171 Å². The first-order valence-electron chi connectivity index (χ1n) is 8.43. The van der Waals surface area contributed by atoms with Gasteiger partial charge in [-0.3, -0.25) is 9.52 Å². The molecule has 0 saturated heterocycles. The Morgan fingerprint density at radius 2 is 1.72 bits per heavy atom. The maximum atomic E-state index is 12.4. The Balaban J connectivity index is 1.63. The van der Waals surface area contributed by atoms with Gasteiger partial charge in [-0.1, -0.05) is 24.3 Å². The molecule has 0 saturated carbocycles. The quantitative estimate of drug-likeness (QED) is 0.459. The number of carbonyl (C=O) groups is 2. The van der Waals surface area contributed by atoms with E-state index in [9.17, 15) is 18.0 Å². The minimum absolute atomic E-state index is 0.196.